The molecule has 0 amide bonds. The van der Waals surface area contributed by atoms with Crippen molar-refractivity contribution in [1.29, 1.82) is 0 Å². The highest BCUT2D eigenvalue weighted by atomic mass is 32.1. The molecule has 0 aromatic carbocycles. The average Bonchev–Trinajstić information content (AvgIpc) is 2.92. The standard InChI is InChI=1S/C14H23N3S/c1-5-11-16-17-12(18-11)15-10-8-9-6-7-14(10,4)13(9,2)3/h9-10H,5-8H2,1-4H3,(H,15,17). The van der Waals surface area contributed by atoms with Crippen LogP contribution in [0.1, 0.15) is 52.0 Å². The second-order valence-corrected chi connectivity index (χ2v) is 7.72. The fraction of sp³-hybridized carbons (Fsp3) is 0.857. The maximum Gasteiger partial charge on any atom is 0.205 e. The first-order valence-corrected chi connectivity index (χ1v) is 7.88. The smallest absolute Gasteiger partial charge is 0.205 e. The summed E-state index contributed by atoms with van der Waals surface area (Å²) in [6.45, 7) is 9.49. The number of fused-ring (bicyclic) bond motifs is 2. The SMILES string of the molecule is CCc1nnc(NC2CC3CCC2(C)C3(C)C)s1. The molecule has 1 aromatic heterocycles. The Balaban J connectivity index is 1.79. The van der Waals surface area contributed by atoms with E-state index in [2.05, 4.69) is 43.2 Å². The Morgan fingerprint density at radius 3 is 2.61 bits per heavy atom. The number of nitrogens with one attached hydrogen (secondary N) is 1. The van der Waals surface area contributed by atoms with Crippen molar-refractivity contribution < 1.29 is 0 Å². The first-order chi connectivity index (χ1) is 8.47. The normalized spacial score (nSPS) is 37.1. The molecule has 3 nitrogen and oxygen atoms in total. The number of aromatic nitrogens is 2. The number of nitrogens with zero attached hydrogens (tertiary/aromatic N) is 2. The zero-order chi connectivity index (χ0) is 13.0. The zero-order valence-electron chi connectivity index (χ0n) is 11.8. The van der Waals surface area contributed by atoms with Gasteiger partial charge in [0.05, 0.1) is 0 Å². The minimum atomic E-state index is 0.412. The lowest BCUT2D eigenvalue weighted by molar-refractivity contribution is 0.142. The van der Waals surface area contributed by atoms with E-state index in [0.717, 1.165) is 22.5 Å². The molecule has 2 aliphatic carbocycles. The van der Waals surface area contributed by atoms with Gasteiger partial charge >= 0.3 is 0 Å². The van der Waals surface area contributed by atoms with Crippen LogP contribution in [0.4, 0.5) is 5.13 Å². The van der Waals surface area contributed by atoms with Gasteiger partial charge in [-0.25, -0.2) is 0 Å². The topological polar surface area (TPSA) is 37.8 Å². The van der Waals surface area contributed by atoms with Gasteiger partial charge in [0.1, 0.15) is 5.01 Å². The summed E-state index contributed by atoms with van der Waals surface area (Å²) in [7, 11) is 0. The first-order valence-electron chi connectivity index (χ1n) is 7.06. The van der Waals surface area contributed by atoms with E-state index in [9.17, 15) is 0 Å². The molecule has 0 aliphatic heterocycles. The van der Waals surface area contributed by atoms with Crippen molar-refractivity contribution >= 4 is 16.5 Å². The fourth-order valence-corrected chi connectivity index (χ4v) is 4.76. The molecule has 0 radical (unpaired) electrons. The summed E-state index contributed by atoms with van der Waals surface area (Å²) in [6, 6.07) is 0.573. The molecule has 2 fully saturated rings. The average molecular weight is 265 g/mol. The van der Waals surface area contributed by atoms with Gasteiger partial charge in [-0.05, 0) is 42.4 Å². The van der Waals surface area contributed by atoms with Crippen LogP contribution in [0.25, 0.3) is 0 Å². The minimum absolute atomic E-state index is 0.412. The lowest BCUT2D eigenvalue weighted by Gasteiger charge is -2.39. The molecule has 2 saturated carbocycles. The van der Waals surface area contributed by atoms with E-state index in [4.69, 9.17) is 0 Å². The molecule has 2 aliphatic rings. The molecule has 3 unspecified atom stereocenters. The van der Waals surface area contributed by atoms with Crippen molar-refractivity contribution in [3.05, 3.63) is 5.01 Å². The number of anilines is 1. The van der Waals surface area contributed by atoms with Crippen LogP contribution in [0.5, 0.6) is 0 Å². The predicted molar refractivity (Wildman–Crippen MR) is 75.9 cm³/mol. The molecule has 1 N–H and O–H groups in total. The van der Waals surface area contributed by atoms with Crippen molar-refractivity contribution in [3.8, 4) is 0 Å². The van der Waals surface area contributed by atoms with Gasteiger partial charge < -0.3 is 5.32 Å². The number of rotatable bonds is 3. The summed E-state index contributed by atoms with van der Waals surface area (Å²) < 4.78 is 0. The third-order valence-corrected chi connectivity index (χ3v) is 6.86. The lowest BCUT2D eigenvalue weighted by atomic mass is 9.69. The summed E-state index contributed by atoms with van der Waals surface area (Å²) in [5.41, 5.74) is 0.874. The molecule has 3 atom stereocenters. The van der Waals surface area contributed by atoms with Crippen molar-refractivity contribution in [2.75, 3.05) is 5.32 Å². The van der Waals surface area contributed by atoms with E-state index in [0.29, 0.717) is 16.9 Å². The molecular weight excluding hydrogens is 242 g/mol. The minimum Gasteiger partial charge on any atom is -0.357 e. The maximum absolute atomic E-state index is 4.27. The molecule has 4 heteroatoms. The largest absolute Gasteiger partial charge is 0.357 e. The van der Waals surface area contributed by atoms with Gasteiger partial charge in [0, 0.05) is 6.04 Å². The van der Waals surface area contributed by atoms with Gasteiger partial charge in [-0.1, -0.05) is 39.0 Å². The van der Waals surface area contributed by atoms with Crippen molar-refractivity contribution in [3.63, 3.8) is 0 Å². The number of hydrogen-bond acceptors (Lipinski definition) is 4. The molecule has 0 saturated heterocycles. The van der Waals surface area contributed by atoms with E-state index in [1.54, 1.807) is 11.3 Å². The Hall–Kier alpha value is -0.640. The van der Waals surface area contributed by atoms with Crippen LogP contribution in [0, 0.1) is 16.7 Å². The molecule has 2 bridgehead atoms. The van der Waals surface area contributed by atoms with Gasteiger partial charge in [-0.15, -0.1) is 10.2 Å². The lowest BCUT2D eigenvalue weighted by Crippen LogP contribution is -2.40. The second-order valence-electron chi connectivity index (χ2n) is 6.66. The third-order valence-electron chi connectivity index (χ3n) is 5.86. The second kappa shape index (κ2) is 3.92. The van der Waals surface area contributed by atoms with Crippen LogP contribution in [0.2, 0.25) is 0 Å². The van der Waals surface area contributed by atoms with Gasteiger partial charge in [-0.3, -0.25) is 0 Å². The maximum atomic E-state index is 4.27. The summed E-state index contributed by atoms with van der Waals surface area (Å²) in [5, 5.41) is 14.3. The van der Waals surface area contributed by atoms with Crippen LogP contribution in [0.15, 0.2) is 0 Å². The van der Waals surface area contributed by atoms with Crippen molar-refractivity contribution in [1.82, 2.24) is 10.2 Å². The summed E-state index contributed by atoms with van der Waals surface area (Å²) in [6.07, 6.45) is 5.03. The number of aryl methyl sites for hydroxylation is 1. The van der Waals surface area contributed by atoms with E-state index >= 15 is 0 Å². The Kier molecular flexibility index (Phi) is 2.70. The van der Waals surface area contributed by atoms with Crippen LogP contribution in [-0.2, 0) is 6.42 Å². The molecule has 0 spiro atoms. The summed E-state index contributed by atoms with van der Waals surface area (Å²) in [4.78, 5) is 0. The van der Waals surface area contributed by atoms with E-state index in [1.807, 2.05) is 0 Å². The third kappa shape index (κ3) is 1.54. The highest BCUT2D eigenvalue weighted by molar-refractivity contribution is 7.15. The number of hydrogen-bond donors (Lipinski definition) is 1. The predicted octanol–water partition coefficient (Wildman–Crippen LogP) is 3.73. The monoisotopic (exact) mass is 265 g/mol. The Labute approximate surface area is 113 Å². The molecule has 1 heterocycles. The van der Waals surface area contributed by atoms with E-state index in [-0.39, 0.29) is 0 Å². The first kappa shape index (κ1) is 12.4. The van der Waals surface area contributed by atoms with Crippen LogP contribution in [-0.4, -0.2) is 16.2 Å². The van der Waals surface area contributed by atoms with E-state index < -0.39 is 0 Å². The highest BCUT2D eigenvalue weighted by Gasteiger charge is 2.61. The van der Waals surface area contributed by atoms with E-state index in [1.165, 1.54) is 19.3 Å². The Morgan fingerprint density at radius 2 is 2.11 bits per heavy atom. The van der Waals surface area contributed by atoms with Gasteiger partial charge in [0.25, 0.3) is 0 Å². The van der Waals surface area contributed by atoms with Gasteiger partial charge in [0.2, 0.25) is 5.13 Å². The molecular formula is C14H23N3S. The van der Waals surface area contributed by atoms with Crippen LogP contribution >= 0.6 is 11.3 Å². The zero-order valence-corrected chi connectivity index (χ0v) is 12.6. The van der Waals surface area contributed by atoms with Crippen LogP contribution < -0.4 is 5.32 Å². The van der Waals surface area contributed by atoms with Gasteiger partial charge in [-0.2, -0.15) is 0 Å². The van der Waals surface area contributed by atoms with Crippen molar-refractivity contribution in [2.45, 2.75) is 59.4 Å². The molecule has 18 heavy (non-hydrogen) atoms. The fourth-order valence-electron chi connectivity index (χ4n) is 4.03. The van der Waals surface area contributed by atoms with Gasteiger partial charge in [0.15, 0.2) is 0 Å². The van der Waals surface area contributed by atoms with Crippen LogP contribution in [0.3, 0.4) is 0 Å². The highest BCUT2D eigenvalue weighted by Crippen LogP contribution is 2.65. The quantitative estimate of drug-likeness (QED) is 0.905. The summed E-state index contributed by atoms with van der Waals surface area (Å²) >= 11 is 1.71. The van der Waals surface area contributed by atoms with Crippen molar-refractivity contribution in [2.24, 2.45) is 16.7 Å². The molecule has 1 aromatic rings. The molecule has 3 rings (SSSR count). The Bertz CT molecular complexity index is 454. The summed E-state index contributed by atoms with van der Waals surface area (Å²) in [5.74, 6) is 0.874. The Morgan fingerprint density at radius 1 is 1.33 bits per heavy atom. The molecule has 100 valence electrons.